The Kier molecular flexibility index (Phi) is 3.64. The Labute approximate surface area is 105 Å². The van der Waals surface area contributed by atoms with Crippen LogP contribution >= 0.6 is 11.3 Å². The molecule has 4 heteroatoms. The Balaban J connectivity index is 1.90. The first kappa shape index (κ1) is 11.9. The van der Waals surface area contributed by atoms with E-state index in [0.717, 1.165) is 29.1 Å². The van der Waals surface area contributed by atoms with E-state index >= 15 is 0 Å². The summed E-state index contributed by atoms with van der Waals surface area (Å²) in [5.41, 5.74) is 10.6. The first-order valence-corrected chi connectivity index (χ1v) is 6.42. The Morgan fingerprint density at radius 2 is 2.18 bits per heavy atom. The third-order valence-electron chi connectivity index (χ3n) is 2.68. The number of nitrogens with zero attached hydrogens (tertiary/aromatic N) is 1. The first-order valence-electron chi connectivity index (χ1n) is 5.54. The van der Waals surface area contributed by atoms with E-state index in [9.17, 15) is 0 Å². The Morgan fingerprint density at radius 1 is 1.35 bits per heavy atom. The van der Waals surface area contributed by atoms with Crippen molar-refractivity contribution in [2.24, 2.45) is 0 Å². The molecule has 17 heavy (non-hydrogen) atoms. The molecule has 0 amide bonds. The fourth-order valence-electron chi connectivity index (χ4n) is 1.57. The molecule has 0 aliphatic heterocycles. The van der Waals surface area contributed by atoms with Crippen molar-refractivity contribution in [1.29, 1.82) is 0 Å². The van der Waals surface area contributed by atoms with Crippen LogP contribution in [0.15, 0.2) is 23.7 Å². The highest BCUT2D eigenvalue weighted by molar-refractivity contribution is 7.09. The van der Waals surface area contributed by atoms with E-state index < -0.39 is 0 Å². The quantitative estimate of drug-likeness (QED) is 0.846. The van der Waals surface area contributed by atoms with Crippen LogP contribution in [-0.4, -0.2) is 11.6 Å². The number of thiazole rings is 1. The maximum atomic E-state index is 5.75. The van der Waals surface area contributed by atoms with Crippen molar-refractivity contribution in [1.82, 2.24) is 4.98 Å². The number of anilines is 1. The van der Waals surface area contributed by atoms with Gasteiger partial charge < -0.3 is 10.5 Å². The van der Waals surface area contributed by atoms with Gasteiger partial charge in [0.05, 0.1) is 17.8 Å². The molecule has 0 unspecified atom stereocenters. The van der Waals surface area contributed by atoms with Crippen LogP contribution in [0.2, 0.25) is 0 Å². The molecule has 0 aliphatic carbocycles. The Hall–Kier alpha value is -1.55. The maximum Gasteiger partial charge on any atom is 0.119 e. The molecule has 90 valence electrons. The summed E-state index contributed by atoms with van der Waals surface area (Å²) in [5.74, 6) is 0.874. The second-order valence-corrected chi connectivity index (χ2v) is 4.92. The molecule has 1 aromatic heterocycles. The molecular formula is C13H16N2OS. The van der Waals surface area contributed by atoms with Gasteiger partial charge in [-0.05, 0) is 37.6 Å². The van der Waals surface area contributed by atoms with Crippen molar-refractivity contribution < 1.29 is 4.74 Å². The summed E-state index contributed by atoms with van der Waals surface area (Å²) in [5, 5.41) is 0. The largest absolute Gasteiger partial charge is 0.493 e. The highest BCUT2D eigenvalue weighted by atomic mass is 32.1. The van der Waals surface area contributed by atoms with Crippen LogP contribution in [0.3, 0.4) is 0 Å². The minimum absolute atomic E-state index is 0.673. The summed E-state index contributed by atoms with van der Waals surface area (Å²) < 4.78 is 5.69. The van der Waals surface area contributed by atoms with Gasteiger partial charge in [-0.1, -0.05) is 0 Å². The molecule has 0 spiro atoms. The lowest BCUT2D eigenvalue weighted by molar-refractivity contribution is 0.322. The Bertz CT molecular complexity index is 508. The highest BCUT2D eigenvalue weighted by Crippen LogP contribution is 2.19. The monoisotopic (exact) mass is 248 g/mol. The fourth-order valence-corrected chi connectivity index (χ4v) is 2.33. The second-order valence-electron chi connectivity index (χ2n) is 3.98. The zero-order valence-electron chi connectivity index (χ0n) is 10.1. The van der Waals surface area contributed by atoms with Crippen LogP contribution in [0.25, 0.3) is 0 Å². The molecule has 2 N–H and O–H groups in total. The normalized spacial score (nSPS) is 10.5. The third kappa shape index (κ3) is 2.97. The van der Waals surface area contributed by atoms with Gasteiger partial charge in [0.15, 0.2) is 0 Å². The first-order chi connectivity index (χ1) is 8.16. The minimum atomic E-state index is 0.673. The smallest absolute Gasteiger partial charge is 0.119 e. The topological polar surface area (TPSA) is 48.1 Å². The van der Waals surface area contributed by atoms with Crippen molar-refractivity contribution in [3.63, 3.8) is 0 Å². The molecule has 2 rings (SSSR count). The summed E-state index contributed by atoms with van der Waals surface area (Å²) in [6.07, 6.45) is 0.903. The predicted molar refractivity (Wildman–Crippen MR) is 71.6 cm³/mol. The van der Waals surface area contributed by atoms with Crippen LogP contribution in [0.5, 0.6) is 5.75 Å². The van der Waals surface area contributed by atoms with Gasteiger partial charge in [-0.2, -0.15) is 0 Å². The molecule has 0 aliphatic rings. The van der Waals surface area contributed by atoms with E-state index in [0.29, 0.717) is 6.61 Å². The molecule has 0 saturated heterocycles. The van der Waals surface area contributed by atoms with Gasteiger partial charge in [0.2, 0.25) is 0 Å². The summed E-state index contributed by atoms with van der Waals surface area (Å²) in [7, 11) is 0. The van der Waals surface area contributed by atoms with Crippen molar-refractivity contribution in [2.75, 3.05) is 12.3 Å². The number of ether oxygens (including phenoxy) is 1. The van der Waals surface area contributed by atoms with Crippen molar-refractivity contribution in [3.05, 3.63) is 39.8 Å². The van der Waals surface area contributed by atoms with Gasteiger partial charge in [-0.25, -0.2) is 4.98 Å². The van der Waals surface area contributed by atoms with Crippen LogP contribution in [-0.2, 0) is 6.42 Å². The van der Waals surface area contributed by atoms with Gasteiger partial charge in [-0.15, -0.1) is 11.3 Å². The van der Waals surface area contributed by atoms with Gasteiger partial charge >= 0.3 is 0 Å². The number of hydrogen-bond acceptors (Lipinski definition) is 4. The summed E-state index contributed by atoms with van der Waals surface area (Å²) in [6, 6.07) is 5.75. The minimum Gasteiger partial charge on any atom is -0.493 e. The van der Waals surface area contributed by atoms with Crippen LogP contribution in [0, 0.1) is 13.8 Å². The fraction of sp³-hybridized carbons (Fsp3) is 0.308. The average Bonchev–Trinajstić information content (AvgIpc) is 2.70. The number of hydrogen-bond donors (Lipinski definition) is 1. The van der Waals surface area contributed by atoms with Crippen LogP contribution < -0.4 is 10.5 Å². The van der Waals surface area contributed by atoms with Crippen molar-refractivity contribution >= 4 is 17.0 Å². The molecule has 3 nitrogen and oxygen atoms in total. The molecular weight excluding hydrogens is 232 g/mol. The zero-order chi connectivity index (χ0) is 12.3. The third-order valence-corrected chi connectivity index (χ3v) is 3.68. The van der Waals surface area contributed by atoms with Gasteiger partial charge in [0, 0.05) is 17.0 Å². The summed E-state index contributed by atoms with van der Waals surface area (Å²) in [4.78, 5) is 5.50. The van der Waals surface area contributed by atoms with E-state index in [1.807, 2.05) is 37.6 Å². The lowest BCUT2D eigenvalue weighted by atomic mass is 10.2. The standard InChI is InChI=1S/C13H16N2OS/c1-9-7-11(3-4-12(9)14)16-6-5-13-10(2)15-8-17-13/h3-4,7-8H,5-6,14H2,1-2H3. The van der Waals surface area contributed by atoms with Crippen LogP contribution in [0.1, 0.15) is 16.1 Å². The van der Waals surface area contributed by atoms with E-state index in [1.165, 1.54) is 4.88 Å². The molecule has 1 aromatic carbocycles. The number of rotatable bonds is 4. The number of aryl methyl sites for hydroxylation is 2. The Morgan fingerprint density at radius 3 is 2.82 bits per heavy atom. The molecule has 0 radical (unpaired) electrons. The summed E-state index contributed by atoms with van der Waals surface area (Å²) >= 11 is 1.68. The van der Waals surface area contributed by atoms with Gasteiger partial charge in [-0.3, -0.25) is 0 Å². The van der Waals surface area contributed by atoms with Gasteiger partial charge in [0.25, 0.3) is 0 Å². The van der Waals surface area contributed by atoms with E-state index in [1.54, 1.807) is 11.3 Å². The summed E-state index contributed by atoms with van der Waals surface area (Å²) in [6.45, 7) is 4.68. The van der Waals surface area contributed by atoms with Crippen LogP contribution in [0.4, 0.5) is 5.69 Å². The number of nitrogens with two attached hydrogens (primary N) is 1. The van der Waals surface area contributed by atoms with E-state index in [4.69, 9.17) is 10.5 Å². The van der Waals surface area contributed by atoms with E-state index in [2.05, 4.69) is 4.98 Å². The van der Waals surface area contributed by atoms with Crippen molar-refractivity contribution in [2.45, 2.75) is 20.3 Å². The number of benzene rings is 1. The molecule has 0 atom stereocenters. The predicted octanol–water partition coefficient (Wildman–Crippen LogP) is 2.96. The SMILES string of the molecule is Cc1cc(OCCc2scnc2C)ccc1N. The number of nitrogen functional groups attached to an aromatic ring is 1. The molecule has 0 bridgehead atoms. The van der Waals surface area contributed by atoms with E-state index in [-0.39, 0.29) is 0 Å². The number of aromatic nitrogens is 1. The lowest BCUT2D eigenvalue weighted by Crippen LogP contribution is -2.01. The zero-order valence-corrected chi connectivity index (χ0v) is 10.9. The lowest BCUT2D eigenvalue weighted by Gasteiger charge is -2.07. The maximum absolute atomic E-state index is 5.75. The highest BCUT2D eigenvalue weighted by Gasteiger charge is 2.02. The molecule has 0 saturated carbocycles. The molecule has 2 aromatic rings. The van der Waals surface area contributed by atoms with Crippen molar-refractivity contribution in [3.8, 4) is 5.75 Å². The van der Waals surface area contributed by atoms with Gasteiger partial charge in [0.1, 0.15) is 5.75 Å². The molecule has 1 heterocycles. The average molecular weight is 248 g/mol. The second kappa shape index (κ2) is 5.19. The molecule has 0 fully saturated rings.